The molecule has 0 aromatic heterocycles. The molecular formula is C7H15BN3O3WY-. The van der Waals surface area contributed by atoms with Crippen LogP contribution >= 0.6 is 0 Å². The standard InChI is InChI=1S/C5H10BN2.CH2NO3.CH3.W.Y/c6-8-5-1-3-7-4-2-5;1-5-2(3)4;;;/h5,8H,1-4H2;1H2;1H3;;/q3*-1;+2;. The van der Waals surface area contributed by atoms with Crippen molar-refractivity contribution in [3.8, 4) is 0 Å². The Morgan fingerprint density at radius 3 is 2.06 bits per heavy atom. The van der Waals surface area contributed by atoms with Crippen LogP contribution in [0.3, 0.4) is 0 Å². The fourth-order valence-electron chi connectivity index (χ4n) is 0.917. The van der Waals surface area contributed by atoms with Crippen LogP contribution in [0.25, 0.3) is 5.32 Å². The summed E-state index contributed by atoms with van der Waals surface area (Å²) in [4.78, 5) is 12.1. The minimum absolute atomic E-state index is 0. The van der Waals surface area contributed by atoms with E-state index in [4.69, 9.17) is 18.1 Å². The second kappa shape index (κ2) is 18.3. The number of hydrogen-bond donors (Lipinski definition) is 1. The van der Waals surface area contributed by atoms with Crippen molar-refractivity contribution in [1.82, 2.24) is 5.23 Å². The van der Waals surface area contributed by atoms with Gasteiger partial charge in [0.05, 0.1) is 0 Å². The first-order valence-corrected chi connectivity index (χ1v) is 3.86. The van der Waals surface area contributed by atoms with Crippen molar-refractivity contribution in [2.45, 2.75) is 18.9 Å². The van der Waals surface area contributed by atoms with Gasteiger partial charge in [-0.05, 0) is 6.04 Å². The molecule has 0 bridgehead atoms. The molecule has 0 aromatic rings. The maximum Gasteiger partial charge on any atom is 2.00 e. The first kappa shape index (κ1) is 25.7. The molecule has 0 saturated carbocycles. The predicted molar refractivity (Wildman–Crippen MR) is 54.9 cm³/mol. The molecule has 89 valence electrons. The van der Waals surface area contributed by atoms with E-state index < -0.39 is 5.09 Å². The normalized spacial score (nSPS) is 13.8. The van der Waals surface area contributed by atoms with E-state index >= 15 is 0 Å². The van der Waals surface area contributed by atoms with E-state index in [1.54, 1.807) is 0 Å². The van der Waals surface area contributed by atoms with E-state index in [-0.39, 0.29) is 61.2 Å². The number of piperidine rings is 1. The molecule has 1 aliphatic heterocycles. The van der Waals surface area contributed by atoms with Gasteiger partial charge in [-0.15, -0.1) is 23.2 Å². The van der Waals surface area contributed by atoms with Crippen molar-refractivity contribution in [2.75, 3.05) is 13.1 Å². The first-order chi connectivity index (χ1) is 6.20. The predicted octanol–water partition coefficient (Wildman–Crippen LogP) is 0.627. The fraction of sp³-hybridized carbons (Fsp3) is 0.714. The van der Waals surface area contributed by atoms with Crippen LogP contribution in [-0.2, 0) is 58.6 Å². The molecule has 16 heavy (non-hydrogen) atoms. The molecule has 0 unspecified atom stereocenters. The van der Waals surface area contributed by atoms with Gasteiger partial charge in [0.2, 0.25) is 0 Å². The molecule has 0 aliphatic carbocycles. The van der Waals surface area contributed by atoms with E-state index in [1.807, 2.05) is 0 Å². The Kier molecular flexibility index (Phi) is 29.5. The van der Waals surface area contributed by atoms with Gasteiger partial charge in [0.1, 0.15) is 0 Å². The average Bonchev–Trinajstić information content (AvgIpc) is 2.20. The number of rotatable bonds is 2. The summed E-state index contributed by atoms with van der Waals surface area (Å²) < 4.78 is 0. The van der Waals surface area contributed by atoms with Gasteiger partial charge in [-0.25, -0.2) is 0 Å². The minimum Gasteiger partial charge on any atom is -0.662 e. The van der Waals surface area contributed by atoms with Gasteiger partial charge in [-0.3, -0.25) is 0 Å². The van der Waals surface area contributed by atoms with Gasteiger partial charge < -0.3 is 22.8 Å². The summed E-state index contributed by atoms with van der Waals surface area (Å²) >= 11 is 0. The van der Waals surface area contributed by atoms with Crippen molar-refractivity contribution in [2.24, 2.45) is 0 Å². The van der Waals surface area contributed by atoms with Crippen molar-refractivity contribution >= 4 is 7.98 Å². The third kappa shape index (κ3) is 17.4. The minimum atomic E-state index is -0.986. The molecule has 1 fully saturated rings. The Morgan fingerprint density at radius 2 is 1.88 bits per heavy atom. The molecule has 0 spiro atoms. The zero-order valence-corrected chi connectivity index (χ0v) is 15.1. The molecule has 0 atom stereocenters. The maximum atomic E-state index is 8.89. The summed E-state index contributed by atoms with van der Waals surface area (Å²) in [6, 6.07) is 0.521. The van der Waals surface area contributed by atoms with Crippen LogP contribution in [0.5, 0.6) is 0 Å². The Balaban J connectivity index is -0.0000000818. The summed E-state index contributed by atoms with van der Waals surface area (Å²) in [5.41, 5.74) is 0. The molecule has 0 aromatic carbocycles. The van der Waals surface area contributed by atoms with E-state index in [1.165, 1.54) is 0 Å². The van der Waals surface area contributed by atoms with Gasteiger partial charge >= 0.3 is 21.1 Å². The molecule has 6 nitrogen and oxygen atoms in total. The quantitative estimate of drug-likeness (QED) is 0.277. The smallest absolute Gasteiger partial charge is 0.662 e. The van der Waals surface area contributed by atoms with Crippen LogP contribution in [0.4, 0.5) is 0 Å². The molecule has 9 heteroatoms. The van der Waals surface area contributed by atoms with Crippen LogP contribution in [0.1, 0.15) is 12.8 Å². The Morgan fingerprint density at radius 1 is 1.50 bits per heavy atom. The Hall–Kier alpha value is 0.977. The van der Waals surface area contributed by atoms with Gasteiger partial charge in [-0.2, -0.15) is 7.11 Å². The van der Waals surface area contributed by atoms with Crippen molar-refractivity contribution in [3.63, 3.8) is 0 Å². The number of nitrogens with one attached hydrogen (secondary N) is 1. The Labute approximate surface area is 138 Å². The van der Waals surface area contributed by atoms with Crippen LogP contribution in [0.2, 0.25) is 0 Å². The molecule has 1 rings (SSSR count). The van der Waals surface area contributed by atoms with E-state index in [2.05, 4.69) is 22.5 Å². The van der Waals surface area contributed by atoms with Crippen LogP contribution < -0.4 is 5.23 Å². The van der Waals surface area contributed by atoms with Crippen molar-refractivity contribution in [1.29, 1.82) is 0 Å². The van der Waals surface area contributed by atoms with Crippen LogP contribution in [-0.4, -0.2) is 32.2 Å². The number of hydrogen-bond acceptors (Lipinski definition) is 4. The first-order valence-electron chi connectivity index (χ1n) is 3.86. The molecule has 1 heterocycles. The summed E-state index contributed by atoms with van der Waals surface area (Å²) in [5.74, 6) is 0. The summed E-state index contributed by atoms with van der Waals surface area (Å²) in [6.45, 7) is 1.96. The van der Waals surface area contributed by atoms with Gasteiger partial charge in [-0.1, -0.05) is 12.8 Å². The molecule has 1 N–H and O–H groups in total. The summed E-state index contributed by atoms with van der Waals surface area (Å²) in [7, 11) is 7.70. The third-order valence-electron chi connectivity index (χ3n) is 1.61. The Bertz CT molecular complexity index is 153. The molecule has 1 saturated heterocycles. The molecule has 1 aliphatic rings. The molecule has 0 amide bonds. The average molecular weight is 473 g/mol. The van der Waals surface area contributed by atoms with E-state index in [0.29, 0.717) is 6.04 Å². The maximum absolute atomic E-state index is 8.89. The fourth-order valence-corrected chi connectivity index (χ4v) is 0.917. The zero-order valence-electron chi connectivity index (χ0n) is 9.30. The van der Waals surface area contributed by atoms with Gasteiger partial charge in [0, 0.05) is 32.7 Å². The second-order valence-corrected chi connectivity index (χ2v) is 2.46. The van der Waals surface area contributed by atoms with Crippen molar-refractivity contribution in [3.05, 3.63) is 30.0 Å². The molecule has 3 radical (unpaired) electrons. The summed E-state index contributed by atoms with van der Waals surface area (Å²) in [5, 5.41) is 14.8. The van der Waals surface area contributed by atoms with Gasteiger partial charge in [0.25, 0.3) is 5.09 Å². The van der Waals surface area contributed by atoms with Crippen LogP contribution in [0.15, 0.2) is 0 Å². The van der Waals surface area contributed by atoms with Gasteiger partial charge in [0.15, 0.2) is 7.98 Å². The third-order valence-corrected chi connectivity index (χ3v) is 1.61. The monoisotopic (exact) mass is 473 g/mol. The van der Waals surface area contributed by atoms with E-state index in [9.17, 15) is 0 Å². The van der Waals surface area contributed by atoms with Crippen LogP contribution in [0, 0.1) is 24.7 Å². The number of nitrogens with zero attached hydrogens (tertiary/aromatic N) is 2. The zero-order chi connectivity index (χ0) is 10.1. The SMILES string of the molecule is [B]NC1CC[N-]CC1.[CH2-]O[N+](=O)[O-].[CH3-].[W+2].[Y]. The topological polar surface area (TPSA) is 78.5 Å². The second-order valence-electron chi connectivity index (χ2n) is 2.46. The van der Waals surface area contributed by atoms with Crippen molar-refractivity contribution < 1.29 is 63.7 Å². The summed E-state index contributed by atoms with van der Waals surface area (Å²) in [6.07, 6.45) is 2.22. The largest absolute Gasteiger partial charge is 2.00 e. The molecular weight excluding hydrogens is 458 g/mol. The van der Waals surface area contributed by atoms with E-state index in [0.717, 1.165) is 25.9 Å².